The summed E-state index contributed by atoms with van der Waals surface area (Å²) in [5.74, 6) is -3.81. The summed E-state index contributed by atoms with van der Waals surface area (Å²) in [7, 11) is 5.39. The van der Waals surface area contributed by atoms with Crippen LogP contribution in [0.1, 0.15) is 29.3 Å². The van der Waals surface area contributed by atoms with Crippen LogP contribution in [0.2, 0.25) is 0 Å². The number of aromatic hydroxyl groups is 2. The smallest absolute Gasteiger partial charge is 0.326 e. The molecule has 0 fully saturated rings. The maximum atomic E-state index is 14.8. The molecule has 0 radical (unpaired) electrons. The molecule has 5 N–H and O–H groups in total. The molecule has 16 nitrogen and oxygen atoms in total. The van der Waals surface area contributed by atoms with Crippen molar-refractivity contribution < 1.29 is 39.1 Å². The number of carbonyl (C=O) groups excluding carboxylic acids is 1. The first-order valence-electron chi connectivity index (χ1n) is 16.1. The standard InChI is InChI=1S/C36H32N4O12/c1-12-6-16-24(34(47)40(12)19(35(48)49)7-13-11-39(2)36(37)38-13)30(46)22-15-10-18-23(29(45)21-17(27(18)43)8-14(41)9-20(21)42)31(50-3)25(15)32(51-4)33(52-5)26(22)28(16)44/h8-10,12-13,19,41-42H,6-7,11H2,1-5H3,(H2,37,38)(H,48,49)/t12-,13+,19+/m1/s1. The predicted octanol–water partition coefficient (Wildman–Crippen LogP) is 0.912. The molecule has 5 aromatic rings. The van der Waals surface area contributed by atoms with E-state index in [-0.39, 0.29) is 84.7 Å². The minimum absolute atomic E-state index is 0.0508. The normalized spacial score (nSPS) is 17.9. The Bertz CT molecular complexity index is 2700. The van der Waals surface area contributed by atoms with Crippen molar-refractivity contribution in [3.63, 3.8) is 0 Å². The van der Waals surface area contributed by atoms with Gasteiger partial charge < -0.3 is 45.1 Å². The van der Waals surface area contributed by atoms with Crippen LogP contribution in [0.5, 0.6) is 28.7 Å². The number of benzene rings is 5. The Kier molecular flexibility index (Phi) is 7.73. The van der Waals surface area contributed by atoms with E-state index in [1.807, 2.05) is 0 Å². The minimum Gasteiger partial charge on any atom is -0.508 e. The third-order valence-electron chi connectivity index (χ3n) is 10.1. The molecule has 16 heteroatoms. The molecule has 0 saturated heterocycles. The van der Waals surface area contributed by atoms with E-state index in [0.717, 1.165) is 17.0 Å². The lowest BCUT2D eigenvalue weighted by atomic mass is 9.86. The number of nitrogens with zero attached hydrogens (tertiary/aromatic N) is 3. The van der Waals surface area contributed by atoms with Crippen LogP contribution in [0.4, 0.5) is 0 Å². The van der Waals surface area contributed by atoms with Gasteiger partial charge in [0.05, 0.1) is 54.5 Å². The molecule has 2 heterocycles. The van der Waals surface area contributed by atoms with Gasteiger partial charge in [-0.05, 0) is 25.5 Å². The molecule has 0 aliphatic carbocycles. The number of phenolic OH excluding ortho intramolecular Hbond substituents is 2. The van der Waals surface area contributed by atoms with Gasteiger partial charge in [-0.3, -0.25) is 24.0 Å². The molecule has 5 aromatic carbocycles. The van der Waals surface area contributed by atoms with Crippen LogP contribution in [0.15, 0.2) is 42.4 Å². The zero-order chi connectivity index (χ0) is 37.7. The first kappa shape index (κ1) is 34.0. The number of amides is 1. The monoisotopic (exact) mass is 712 g/mol. The van der Waals surface area contributed by atoms with Gasteiger partial charge in [0.1, 0.15) is 23.3 Å². The summed E-state index contributed by atoms with van der Waals surface area (Å²) in [6.45, 7) is 1.89. The maximum Gasteiger partial charge on any atom is 0.326 e. The van der Waals surface area contributed by atoms with Crippen LogP contribution in [-0.4, -0.2) is 96.0 Å². The maximum absolute atomic E-state index is 14.8. The second-order valence-electron chi connectivity index (χ2n) is 13.0. The number of likely N-dealkylation sites (N-methyl/N-ethyl adjacent to an activating group) is 1. The number of carbonyl (C=O) groups is 2. The van der Waals surface area contributed by atoms with Crippen LogP contribution >= 0.6 is 0 Å². The molecule has 0 saturated carbocycles. The number of guanidine groups is 1. The number of phenols is 2. The fourth-order valence-corrected chi connectivity index (χ4v) is 7.88. The topological polar surface area (TPSA) is 236 Å². The van der Waals surface area contributed by atoms with Crippen molar-refractivity contribution in [2.75, 3.05) is 34.9 Å². The van der Waals surface area contributed by atoms with Crippen LogP contribution in [0.25, 0.3) is 43.1 Å². The number of hydrogen-bond acceptors (Lipinski definition) is 14. The molecular formula is C36H32N4O12. The highest BCUT2D eigenvalue weighted by atomic mass is 16.5. The predicted molar refractivity (Wildman–Crippen MR) is 190 cm³/mol. The molecule has 0 spiro atoms. The number of aliphatic imine (C=N–C) groups is 1. The van der Waals surface area contributed by atoms with Crippen molar-refractivity contribution in [1.29, 1.82) is 0 Å². The number of methoxy groups -OCH3 is 3. The van der Waals surface area contributed by atoms with Crippen molar-refractivity contribution >= 4 is 60.9 Å². The highest BCUT2D eigenvalue weighted by Crippen LogP contribution is 2.48. The molecule has 1 amide bonds. The van der Waals surface area contributed by atoms with E-state index in [2.05, 4.69) is 4.99 Å². The van der Waals surface area contributed by atoms with Crippen molar-refractivity contribution in [2.24, 2.45) is 10.7 Å². The summed E-state index contributed by atoms with van der Waals surface area (Å²) in [6, 6.07) is 0.306. The van der Waals surface area contributed by atoms with Gasteiger partial charge in [0.25, 0.3) is 5.91 Å². The summed E-state index contributed by atoms with van der Waals surface area (Å²) in [5, 5.41) is 29.0. The third kappa shape index (κ3) is 4.56. The summed E-state index contributed by atoms with van der Waals surface area (Å²) in [4.78, 5) is 91.2. The molecule has 3 atom stereocenters. The Balaban J connectivity index is 1.60. The zero-order valence-corrected chi connectivity index (χ0v) is 28.5. The zero-order valence-electron chi connectivity index (χ0n) is 28.5. The molecule has 2 aliphatic heterocycles. The molecular weight excluding hydrogens is 680 g/mol. The van der Waals surface area contributed by atoms with Gasteiger partial charge in [-0.1, -0.05) is 0 Å². The number of hydrogen-bond donors (Lipinski definition) is 4. The van der Waals surface area contributed by atoms with E-state index < -0.39 is 68.8 Å². The largest absolute Gasteiger partial charge is 0.508 e. The fourth-order valence-electron chi connectivity index (χ4n) is 7.88. The van der Waals surface area contributed by atoms with E-state index >= 15 is 0 Å². The average molecular weight is 713 g/mol. The SMILES string of the molecule is COc1c(OC)c2c(=O)c3c(c(=O)c2c2cc4c(=O)c5cc(O)cc(O)c5c(=O)c4c(OC)c12)C(=O)N([C@@H](C[C@H]1CN(C)C(N)=N1)C(=O)O)[C@H](C)C3. The van der Waals surface area contributed by atoms with Crippen molar-refractivity contribution in [2.45, 2.75) is 37.9 Å². The van der Waals surface area contributed by atoms with Gasteiger partial charge in [0, 0.05) is 59.2 Å². The Hall–Kier alpha value is -6.45. The van der Waals surface area contributed by atoms with Gasteiger partial charge >= 0.3 is 5.97 Å². The van der Waals surface area contributed by atoms with Crippen LogP contribution in [0.3, 0.4) is 0 Å². The number of rotatable bonds is 7. The lowest BCUT2D eigenvalue weighted by Gasteiger charge is -2.38. The second-order valence-corrected chi connectivity index (χ2v) is 13.0. The summed E-state index contributed by atoms with van der Waals surface area (Å²) < 4.78 is 17.1. The molecule has 0 bridgehead atoms. The highest BCUT2D eigenvalue weighted by Gasteiger charge is 2.43. The molecule has 2 aliphatic rings. The lowest BCUT2D eigenvalue weighted by Crippen LogP contribution is -2.56. The molecule has 268 valence electrons. The lowest BCUT2D eigenvalue weighted by molar-refractivity contribution is -0.143. The van der Waals surface area contributed by atoms with Crippen molar-refractivity contribution in [3.05, 3.63) is 70.2 Å². The minimum atomic E-state index is -1.43. The van der Waals surface area contributed by atoms with Crippen LogP contribution in [0, 0.1) is 0 Å². The van der Waals surface area contributed by atoms with Gasteiger partial charge in [-0.25, -0.2) is 9.79 Å². The van der Waals surface area contributed by atoms with E-state index in [4.69, 9.17) is 19.9 Å². The van der Waals surface area contributed by atoms with E-state index in [1.165, 1.54) is 27.4 Å². The summed E-state index contributed by atoms with van der Waals surface area (Å²) >= 11 is 0. The third-order valence-corrected chi connectivity index (χ3v) is 10.1. The summed E-state index contributed by atoms with van der Waals surface area (Å²) in [6.07, 6.45) is -0.281. The number of nitrogens with two attached hydrogens (primary N) is 1. The molecule has 7 rings (SSSR count). The molecule has 0 unspecified atom stereocenters. The quantitative estimate of drug-likeness (QED) is 0.136. The molecule has 0 aromatic heterocycles. The van der Waals surface area contributed by atoms with Gasteiger partial charge in [0.15, 0.2) is 28.3 Å². The number of ether oxygens (including phenoxy) is 3. The summed E-state index contributed by atoms with van der Waals surface area (Å²) in [5.41, 5.74) is 1.87. The van der Waals surface area contributed by atoms with E-state index in [1.54, 1.807) is 18.9 Å². The molecule has 52 heavy (non-hydrogen) atoms. The number of carboxylic acids is 1. The number of aliphatic carboxylic acids is 1. The Morgan fingerprint density at radius 3 is 2.08 bits per heavy atom. The Morgan fingerprint density at radius 2 is 1.48 bits per heavy atom. The average Bonchev–Trinajstić information content (AvgIpc) is 3.41. The van der Waals surface area contributed by atoms with Gasteiger partial charge in [0.2, 0.25) is 10.9 Å². The number of fused-ring (bicyclic) bond motifs is 6. The number of carboxylic acid groups (broad SMARTS) is 1. The van der Waals surface area contributed by atoms with Crippen LogP contribution in [-0.2, 0) is 11.2 Å². The van der Waals surface area contributed by atoms with E-state index in [9.17, 15) is 44.1 Å². The van der Waals surface area contributed by atoms with Gasteiger partial charge in [-0.15, -0.1) is 0 Å². The first-order chi connectivity index (χ1) is 24.7. The second kappa shape index (κ2) is 11.8. The van der Waals surface area contributed by atoms with Crippen molar-refractivity contribution in [3.8, 4) is 28.7 Å². The highest BCUT2D eigenvalue weighted by molar-refractivity contribution is 6.23. The Labute approximate surface area is 292 Å². The van der Waals surface area contributed by atoms with E-state index in [0.29, 0.717) is 6.54 Å². The van der Waals surface area contributed by atoms with Crippen molar-refractivity contribution in [1.82, 2.24) is 9.80 Å². The van der Waals surface area contributed by atoms with Gasteiger partial charge in [-0.2, -0.15) is 0 Å². The first-order valence-corrected chi connectivity index (χ1v) is 16.1. The van der Waals surface area contributed by atoms with Crippen LogP contribution < -0.4 is 41.7 Å². The fraction of sp³-hybridized carbons (Fsp3) is 0.306. The Morgan fingerprint density at radius 1 is 0.846 bits per heavy atom.